The van der Waals surface area contributed by atoms with Gasteiger partial charge in [0.25, 0.3) is 0 Å². The topological polar surface area (TPSA) is 110 Å². The molecule has 0 atom stereocenters. The van der Waals surface area contributed by atoms with E-state index in [0.29, 0.717) is 36.7 Å². The molecule has 8 nitrogen and oxygen atoms in total. The van der Waals surface area contributed by atoms with Crippen LogP contribution in [0.1, 0.15) is 24.2 Å². The van der Waals surface area contributed by atoms with Gasteiger partial charge in [0, 0.05) is 6.54 Å². The maximum absolute atomic E-state index is 11.8. The van der Waals surface area contributed by atoms with E-state index in [-0.39, 0.29) is 24.2 Å². The molecule has 0 aromatic carbocycles. The number of carbonyl (C=O) groups is 1. The molecule has 0 saturated heterocycles. The highest BCUT2D eigenvalue weighted by Crippen LogP contribution is 2.26. The lowest BCUT2D eigenvalue weighted by Gasteiger charge is -2.31. The van der Waals surface area contributed by atoms with Crippen molar-refractivity contribution in [2.24, 2.45) is 5.92 Å². The summed E-state index contributed by atoms with van der Waals surface area (Å²) >= 11 is 0. The molecule has 1 aromatic rings. The van der Waals surface area contributed by atoms with Crippen LogP contribution in [0.5, 0.6) is 0 Å². The van der Waals surface area contributed by atoms with Crippen LogP contribution < -0.4 is 5.32 Å². The number of amides is 1. The lowest BCUT2D eigenvalue weighted by molar-refractivity contribution is -0.386. The second kappa shape index (κ2) is 5.58. The number of hydrogen-bond donors (Lipinski definition) is 2. The molecule has 0 aliphatic heterocycles. The van der Waals surface area contributed by atoms with E-state index in [0.717, 1.165) is 0 Å². The van der Waals surface area contributed by atoms with Gasteiger partial charge < -0.3 is 10.4 Å². The van der Waals surface area contributed by atoms with Crippen LogP contribution in [-0.2, 0) is 11.3 Å². The third-order valence-electron chi connectivity index (χ3n) is 3.62. The minimum Gasteiger partial charge on any atom is -0.393 e. The number of aliphatic hydroxyl groups excluding tert-OH is 1. The first-order chi connectivity index (χ1) is 9.38. The molecular formula is C12H18N4O4. The van der Waals surface area contributed by atoms with E-state index in [2.05, 4.69) is 10.4 Å². The molecular weight excluding hydrogens is 264 g/mol. The Kier molecular flexibility index (Phi) is 4.03. The van der Waals surface area contributed by atoms with Crippen molar-refractivity contribution >= 4 is 11.6 Å². The van der Waals surface area contributed by atoms with E-state index >= 15 is 0 Å². The molecule has 8 heteroatoms. The van der Waals surface area contributed by atoms with Crippen LogP contribution in [0.25, 0.3) is 0 Å². The van der Waals surface area contributed by atoms with Gasteiger partial charge in [-0.2, -0.15) is 5.10 Å². The number of aliphatic hydroxyl groups is 1. The summed E-state index contributed by atoms with van der Waals surface area (Å²) in [7, 11) is 0. The number of aromatic nitrogens is 2. The van der Waals surface area contributed by atoms with Gasteiger partial charge in [-0.25, -0.2) is 0 Å². The first kappa shape index (κ1) is 14.4. The first-order valence-corrected chi connectivity index (χ1v) is 6.51. The van der Waals surface area contributed by atoms with Crippen LogP contribution in [0.4, 0.5) is 5.69 Å². The second-order valence-electron chi connectivity index (χ2n) is 5.23. The zero-order valence-electron chi connectivity index (χ0n) is 11.5. The van der Waals surface area contributed by atoms with Crippen molar-refractivity contribution in [3.8, 4) is 0 Å². The van der Waals surface area contributed by atoms with Crippen LogP contribution in [0.2, 0.25) is 0 Å². The molecule has 1 heterocycles. The average molecular weight is 282 g/mol. The summed E-state index contributed by atoms with van der Waals surface area (Å²) in [6, 6.07) is 0. The fraction of sp³-hybridized carbons (Fsp3) is 0.667. The maximum atomic E-state index is 11.8. The molecule has 1 aliphatic carbocycles. The van der Waals surface area contributed by atoms with Crippen molar-refractivity contribution in [1.29, 1.82) is 0 Å². The summed E-state index contributed by atoms with van der Waals surface area (Å²) < 4.78 is 1.35. The molecule has 1 fully saturated rings. The molecule has 20 heavy (non-hydrogen) atoms. The molecule has 1 aromatic heterocycles. The lowest BCUT2D eigenvalue weighted by Crippen LogP contribution is -2.39. The standard InChI is InChI=1S/C12H18N4O4/c1-7-12(16(19)20)8(2)15(14-7)6-11(18)13-5-9-3-10(17)4-9/h9-10,17H,3-6H2,1-2H3,(H,13,18). The molecule has 2 rings (SSSR count). The van der Waals surface area contributed by atoms with Gasteiger partial charge in [-0.05, 0) is 32.6 Å². The number of aryl methyl sites for hydroxylation is 1. The van der Waals surface area contributed by atoms with Crippen LogP contribution in [0.3, 0.4) is 0 Å². The zero-order valence-corrected chi connectivity index (χ0v) is 11.5. The monoisotopic (exact) mass is 282 g/mol. The highest BCUT2D eigenvalue weighted by Gasteiger charge is 2.27. The number of nitro groups is 1. The van der Waals surface area contributed by atoms with Crippen molar-refractivity contribution in [2.45, 2.75) is 39.3 Å². The average Bonchev–Trinajstić information content (AvgIpc) is 2.58. The Morgan fingerprint density at radius 2 is 2.20 bits per heavy atom. The highest BCUT2D eigenvalue weighted by atomic mass is 16.6. The molecule has 0 bridgehead atoms. The van der Waals surface area contributed by atoms with E-state index in [1.165, 1.54) is 4.68 Å². The number of nitrogens with one attached hydrogen (secondary N) is 1. The quantitative estimate of drug-likeness (QED) is 0.596. The lowest BCUT2D eigenvalue weighted by atomic mass is 9.82. The van der Waals surface area contributed by atoms with Crippen LogP contribution >= 0.6 is 0 Å². The third kappa shape index (κ3) is 2.96. The molecule has 1 saturated carbocycles. The van der Waals surface area contributed by atoms with Crippen molar-refractivity contribution in [1.82, 2.24) is 15.1 Å². The largest absolute Gasteiger partial charge is 0.393 e. The van der Waals surface area contributed by atoms with Gasteiger partial charge in [-0.15, -0.1) is 0 Å². The summed E-state index contributed by atoms with van der Waals surface area (Å²) in [5.74, 6) is 0.0932. The van der Waals surface area contributed by atoms with Gasteiger partial charge in [-0.3, -0.25) is 19.6 Å². The number of hydrogen-bond acceptors (Lipinski definition) is 5. The Hall–Kier alpha value is -1.96. The SMILES string of the molecule is Cc1nn(CC(=O)NCC2CC(O)C2)c(C)c1[N+](=O)[O-]. The third-order valence-corrected chi connectivity index (χ3v) is 3.62. The van der Waals surface area contributed by atoms with E-state index in [4.69, 9.17) is 5.11 Å². The summed E-state index contributed by atoms with van der Waals surface area (Å²) in [5, 5.41) is 26.8. The number of rotatable bonds is 5. The second-order valence-corrected chi connectivity index (χ2v) is 5.23. The molecule has 2 N–H and O–H groups in total. The highest BCUT2D eigenvalue weighted by molar-refractivity contribution is 5.75. The summed E-state index contributed by atoms with van der Waals surface area (Å²) in [6.45, 7) is 3.62. The van der Waals surface area contributed by atoms with Gasteiger partial charge in [0.15, 0.2) is 0 Å². The Labute approximate surface area is 115 Å². The van der Waals surface area contributed by atoms with Crippen molar-refractivity contribution in [2.75, 3.05) is 6.54 Å². The number of carbonyl (C=O) groups excluding carboxylic acids is 1. The van der Waals surface area contributed by atoms with Gasteiger partial charge in [-0.1, -0.05) is 0 Å². The Morgan fingerprint density at radius 1 is 1.55 bits per heavy atom. The molecule has 0 radical (unpaired) electrons. The molecule has 0 unspecified atom stereocenters. The first-order valence-electron chi connectivity index (χ1n) is 6.51. The van der Waals surface area contributed by atoms with E-state index in [9.17, 15) is 14.9 Å². The van der Waals surface area contributed by atoms with Crippen molar-refractivity contribution < 1.29 is 14.8 Å². The van der Waals surface area contributed by atoms with Gasteiger partial charge >= 0.3 is 5.69 Å². The van der Waals surface area contributed by atoms with Crippen LogP contribution in [0, 0.1) is 29.9 Å². The molecule has 0 spiro atoms. The Morgan fingerprint density at radius 3 is 2.70 bits per heavy atom. The summed E-state index contributed by atoms with van der Waals surface area (Å²) in [5.41, 5.74) is 0.643. The van der Waals surface area contributed by atoms with Gasteiger partial charge in [0.1, 0.15) is 17.9 Å². The zero-order chi connectivity index (χ0) is 14.9. The minimum absolute atomic E-state index is 0.0320. The smallest absolute Gasteiger partial charge is 0.312 e. The molecule has 1 aliphatic rings. The van der Waals surface area contributed by atoms with Crippen molar-refractivity contribution in [3.63, 3.8) is 0 Å². The fourth-order valence-electron chi connectivity index (χ4n) is 2.42. The molecule has 1 amide bonds. The van der Waals surface area contributed by atoms with Crippen LogP contribution in [-0.4, -0.2) is 38.4 Å². The van der Waals surface area contributed by atoms with Gasteiger partial charge in [0.05, 0.1) is 11.0 Å². The van der Waals surface area contributed by atoms with Crippen LogP contribution in [0.15, 0.2) is 0 Å². The maximum Gasteiger partial charge on any atom is 0.312 e. The summed E-state index contributed by atoms with van der Waals surface area (Å²) in [6.07, 6.45) is 1.19. The normalized spacial score (nSPS) is 21.4. The van der Waals surface area contributed by atoms with E-state index < -0.39 is 4.92 Å². The minimum atomic E-state index is -0.484. The fourth-order valence-corrected chi connectivity index (χ4v) is 2.42. The van der Waals surface area contributed by atoms with E-state index in [1.54, 1.807) is 13.8 Å². The predicted octanol–water partition coefficient (Wildman–Crippen LogP) is 0.295. The van der Waals surface area contributed by atoms with Crippen molar-refractivity contribution in [3.05, 3.63) is 21.5 Å². The Balaban J connectivity index is 1.91. The van der Waals surface area contributed by atoms with Gasteiger partial charge in [0.2, 0.25) is 5.91 Å². The van der Waals surface area contributed by atoms with E-state index in [1.807, 2.05) is 0 Å². The Bertz CT molecular complexity index is 534. The summed E-state index contributed by atoms with van der Waals surface area (Å²) in [4.78, 5) is 22.2. The number of nitrogens with zero attached hydrogens (tertiary/aromatic N) is 3. The predicted molar refractivity (Wildman–Crippen MR) is 70.1 cm³/mol. The molecule has 110 valence electrons.